The maximum atomic E-state index is 12.8. The van der Waals surface area contributed by atoms with Crippen LogP contribution in [0.4, 0.5) is 10.5 Å². The first kappa shape index (κ1) is 19.8. The molecule has 1 heterocycles. The third-order valence-electron chi connectivity index (χ3n) is 4.33. The first-order valence-electron chi connectivity index (χ1n) is 8.78. The number of aryl methyl sites for hydroxylation is 1. The molecule has 0 aliphatic carbocycles. The van der Waals surface area contributed by atoms with Gasteiger partial charge in [0.05, 0.1) is 6.54 Å². The number of thioether (sulfide) groups is 1. The Bertz CT molecular complexity index is 875. The Balaban J connectivity index is 1.66. The lowest BCUT2D eigenvalue weighted by Crippen LogP contribution is -2.47. The summed E-state index contributed by atoms with van der Waals surface area (Å²) in [7, 11) is 0. The van der Waals surface area contributed by atoms with E-state index in [4.69, 9.17) is 0 Å². The number of hydrogen-bond acceptors (Lipinski definition) is 4. The van der Waals surface area contributed by atoms with Crippen LogP contribution in [0.15, 0.2) is 54.6 Å². The average Bonchev–Trinajstić information content (AvgIpc) is 3.12. The fourth-order valence-electron chi connectivity index (χ4n) is 3.02. The molecule has 1 fully saturated rings. The summed E-state index contributed by atoms with van der Waals surface area (Å²) in [5.74, 6) is -1.19. The number of anilines is 1. The zero-order valence-electron chi connectivity index (χ0n) is 15.3. The molecule has 3 rings (SSSR count). The van der Waals surface area contributed by atoms with Gasteiger partial charge >= 0.3 is 12.0 Å². The average molecular weight is 399 g/mol. The molecule has 2 aromatic rings. The van der Waals surface area contributed by atoms with E-state index in [1.165, 1.54) is 16.7 Å². The molecule has 3 amide bonds. The van der Waals surface area contributed by atoms with Gasteiger partial charge in [-0.3, -0.25) is 4.79 Å². The van der Waals surface area contributed by atoms with E-state index in [0.29, 0.717) is 11.4 Å². The van der Waals surface area contributed by atoms with Crippen molar-refractivity contribution in [3.63, 3.8) is 0 Å². The van der Waals surface area contributed by atoms with Crippen molar-refractivity contribution in [2.24, 2.45) is 0 Å². The summed E-state index contributed by atoms with van der Waals surface area (Å²) >= 11 is 1.40. The third-order valence-corrected chi connectivity index (χ3v) is 5.66. The number of benzene rings is 2. The predicted octanol–water partition coefficient (Wildman–Crippen LogP) is 2.84. The highest BCUT2D eigenvalue weighted by atomic mass is 32.2. The number of carboxylic acid groups (broad SMARTS) is 1. The molecule has 3 N–H and O–H groups in total. The fourth-order valence-corrected chi connectivity index (χ4v) is 4.46. The van der Waals surface area contributed by atoms with Gasteiger partial charge in [0.2, 0.25) is 5.91 Å². The van der Waals surface area contributed by atoms with Crippen LogP contribution in [0.2, 0.25) is 0 Å². The molecule has 1 aliphatic heterocycles. The van der Waals surface area contributed by atoms with E-state index in [-0.39, 0.29) is 6.54 Å². The van der Waals surface area contributed by atoms with Crippen LogP contribution >= 0.6 is 11.8 Å². The van der Waals surface area contributed by atoms with E-state index in [1.807, 2.05) is 55.5 Å². The number of hydrogen-bond donors (Lipinski definition) is 3. The molecule has 28 heavy (non-hydrogen) atoms. The van der Waals surface area contributed by atoms with E-state index in [1.54, 1.807) is 6.07 Å². The first-order chi connectivity index (χ1) is 13.5. The maximum Gasteiger partial charge on any atom is 0.327 e. The molecule has 7 nitrogen and oxygen atoms in total. The SMILES string of the molecule is Cc1cccc(NC(=O)NCC(=O)N2[C@@H](c3ccccc3)SC[C@H]2C(=O)O)c1. The van der Waals surface area contributed by atoms with Crippen LogP contribution < -0.4 is 10.6 Å². The summed E-state index contributed by atoms with van der Waals surface area (Å²) in [6.07, 6.45) is 0. The smallest absolute Gasteiger partial charge is 0.327 e. The molecule has 8 heteroatoms. The van der Waals surface area contributed by atoms with Crippen molar-refractivity contribution in [3.8, 4) is 0 Å². The Labute approximate surface area is 167 Å². The van der Waals surface area contributed by atoms with Crippen LogP contribution in [0.1, 0.15) is 16.5 Å². The lowest BCUT2D eigenvalue weighted by atomic mass is 10.1. The number of aliphatic carboxylic acids is 1. The quantitative estimate of drug-likeness (QED) is 0.718. The Morgan fingerprint density at radius 2 is 1.89 bits per heavy atom. The number of carbonyl (C=O) groups is 3. The van der Waals surface area contributed by atoms with E-state index < -0.39 is 29.3 Å². The Morgan fingerprint density at radius 3 is 2.57 bits per heavy atom. The lowest BCUT2D eigenvalue weighted by molar-refractivity contribution is -0.148. The molecule has 2 atom stereocenters. The molecule has 0 spiro atoms. The molecule has 2 aromatic carbocycles. The highest BCUT2D eigenvalue weighted by Crippen LogP contribution is 2.41. The Kier molecular flexibility index (Phi) is 6.20. The number of carboxylic acids is 1. The van der Waals surface area contributed by atoms with E-state index >= 15 is 0 Å². The Morgan fingerprint density at radius 1 is 1.14 bits per heavy atom. The topological polar surface area (TPSA) is 98.7 Å². The summed E-state index contributed by atoms with van der Waals surface area (Å²) in [4.78, 5) is 37.8. The highest BCUT2D eigenvalue weighted by molar-refractivity contribution is 7.99. The minimum absolute atomic E-state index is 0.286. The zero-order chi connectivity index (χ0) is 20.1. The predicted molar refractivity (Wildman–Crippen MR) is 108 cm³/mol. The van der Waals surface area contributed by atoms with Crippen molar-refractivity contribution in [3.05, 3.63) is 65.7 Å². The number of carbonyl (C=O) groups excluding carboxylic acids is 2. The van der Waals surface area contributed by atoms with Gasteiger partial charge in [-0.1, -0.05) is 42.5 Å². The second kappa shape index (κ2) is 8.79. The number of nitrogens with one attached hydrogen (secondary N) is 2. The number of amides is 3. The van der Waals surface area contributed by atoms with Crippen LogP contribution in [0.25, 0.3) is 0 Å². The molecule has 1 saturated heterocycles. The van der Waals surface area contributed by atoms with Gasteiger partial charge in [0.25, 0.3) is 0 Å². The van der Waals surface area contributed by atoms with Gasteiger partial charge in [-0.15, -0.1) is 11.8 Å². The van der Waals surface area contributed by atoms with Crippen molar-refractivity contribution >= 4 is 35.4 Å². The van der Waals surface area contributed by atoms with Crippen LogP contribution in [0.5, 0.6) is 0 Å². The van der Waals surface area contributed by atoms with Crippen LogP contribution in [0, 0.1) is 6.92 Å². The van der Waals surface area contributed by atoms with Gasteiger partial charge in [-0.2, -0.15) is 0 Å². The van der Waals surface area contributed by atoms with Gasteiger partial charge in [0.15, 0.2) is 0 Å². The first-order valence-corrected chi connectivity index (χ1v) is 9.82. The molecular weight excluding hydrogens is 378 g/mol. The van der Waals surface area contributed by atoms with Gasteiger partial charge in [0, 0.05) is 11.4 Å². The highest BCUT2D eigenvalue weighted by Gasteiger charge is 2.42. The van der Waals surface area contributed by atoms with Crippen molar-refractivity contribution in [1.82, 2.24) is 10.2 Å². The van der Waals surface area contributed by atoms with Crippen molar-refractivity contribution in [2.45, 2.75) is 18.3 Å². The van der Waals surface area contributed by atoms with E-state index in [0.717, 1.165) is 11.1 Å². The van der Waals surface area contributed by atoms with Crippen molar-refractivity contribution in [1.29, 1.82) is 0 Å². The summed E-state index contributed by atoms with van der Waals surface area (Å²) < 4.78 is 0. The maximum absolute atomic E-state index is 12.8. The number of rotatable bonds is 5. The monoisotopic (exact) mass is 399 g/mol. The lowest BCUT2D eigenvalue weighted by Gasteiger charge is -2.27. The van der Waals surface area contributed by atoms with Gasteiger partial charge in [-0.05, 0) is 30.2 Å². The van der Waals surface area contributed by atoms with Gasteiger partial charge < -0.3 is 20.6 Å². The van der Waals surface area contributed by atoms with Gasteiger partial charge in [0.1, 0.15) is 11.4 Å². The molecular formula is C20H21N3O4S. The van der Waals surface area contributed by atoms with Crippen LogP contribution in [-0.4, -0.2) is 46.3 Å². The molecule has 146 valence electrons. The Hall–Kier alpha value is -3.00. The summed E-state index contributed by atoms with van der Waals surface area (Å²) in [6.45, 7) is 1.62. The summed E-state index contributed by atoms with van der Waals surface area (Å²) in [5, 5.41) is 14.3. The zero-order valence-corrected chi connectivity index (χ0v) is 16.1. The van der Waals surface area contributed by atoms with Crippen molar-refractivity contribution < 1.29 is 19.5 Å². The van der Waals surface area contributed by atoms with Crippen LogP contribution in [0.3, 0.4) is 0 Å². The normalized spacial score (nSPS) is 18.5. The van der Waals surface area contributed by atoms with E-state index in [2.05, 4.69) is 10.6 Å². The second-order valence-corrected chi connectivity index (χ2v) is 7.54. The molecule has 1 aliphatic rings. The summed E-state index contributed by atoms with van der Waals surface area (Å²) in [6, 6.07) is 15.1. The fraction of sp³-hybridized carbons (Fsp3) is 0.250. The minimum Gasteiger partial charge on any atom is -0.480 e. The molecule has 0 saturated carbocycles. The number of urea groups is 1. The number of nitrogens with zero attached hydrogens (tertiary/aromatic N) is 1. The van der Waals surface area contributed by atoms with Crippen molar-refractivity contribution in [2.75, 3.05) is 17.6 Å². The molecule has 0 bridgehead atoms. The van der Waals surface area contributed by atoms with E-state index in [9.17, 15) is 19.5 Å². The second-order valence-electron chi connectivity index (χ2n) is 6.43. The molecule has 0 aromatic heterocycles. The standard InChI is InChI=1S/C20H21N3O4S/c1-13-6-5-9-15(10-13)22-20(27)21-11-17(24)23-16(19(25)26)12-28-18(23)14-7-3-2-4-8-14/h2-10,16,18H,11-12H2,1H3,(H,25,26)(H2,21,22,27)/t16-,18+/m0/s1. The summed E-state index contributed by atoms with van der Waals surface area (Å²) in [5.41, 5.74) is 2.47. The molecule has 0 radical (unpaired) electrons. The third kappa shape index (κ3) is 4.64. The van der Waals surface area contributed by atoms with Crippen LogP contribution in [-0.2, 0) is 9.59 Å². The molecule has 0 unspecified atom stereocenters. The minimum atomic E-state index is -1.05. The van der Waals surface area contributed by atoms with Gasteiger partial charge in [-0.25, -0.2) is 9.59 Å². The largest absolute Gasteiger partial charge is 0.480 e.